The lowest BCUT2D eigenvalue weighted by Gasteiger charge is -2.44. The highest BCUT2D eigenvalue weighted by Crippen LogP contribution is 2.31. The Balaban J connectivity index is 1.81. The summed E-state index contributed by atoms with van der Waals surface area (Å²) in [5.41, 5.74) is -0.179. The van der Waals surface area contributed by atoms with E-state index in [9.17, 15) is 9.90 Å². The number of likely N-dealkylation sites (tertiary alicyclic amines) is 1. The minimum Gasteiger partial charge on any atom is -0.393 e. The molecule has 2 aliphatic rings. The summed E-state index contributed by atoms with van der Waals surface area (Å²) in [5, 5.41) is 9.74. The van der Waals surface area contributed by atoms with Gasteiger partial charge in [0.25, 0.3) is 0 Å². The zero-order chi connectivity index (χ0) is 13.9. The first kappa shape index (κ1) is 14.8. The quantitative estimate of drug-likeness (QED) is 0.853. The highest BCUT2D eigenvalue weighted by molar-refractivity contribution is 5.77. The third-order valence-corrected chi connectivity index (χ3v) is 4.94. The average molecular weight is 267 g/mol. The largest absolute Gasteiger partial charge is 0.393 e. The van der Waals surface area contributed by atoms with Gasteiger partial charge in [0.15, 0.2) is 0 Å². The second kappa shape index (κ2) is 6.25. The molecule has 1 aliphatic heterocycles. The van der Waals surface area contributed by atoms with Gasteiger partial charge < -0.3 is 10.0 Å². The smallest absolute Gasteiger partial charge is 0.223 e. The maximum absolute atomic E-state index is 12.4. The van der Waals surface area contributed by atoms with Crippen molar-refractivity contribution in [2.75, 3.05) is 6.54 Å². The first-order valence-corrected chi connectivity index (χ1v) is 7.97. The van der Waals surface area contributed by atoms with Gasteiger partial charge in [0.2, 0.25) is 5.91 Å². The van der Waals surface area contributed by atoms with E-state index in [1.165, 1.54) is 32.1 Å². The number of hydrogen-bond donors (Lipinski definition) is 1. The molecule has 1 heterocycles. The Morgan fingerprint density at radius 1 is 1.21 bits per heavy atom. The molecule has 1 amide bonds. The zero-order valence-electron chi connectivity index (χ0n) is 12.5. The van der Waals surface area contributed by atoms with Crippen LogP contribution in [0.3, 0.4) is 0 Å². The fourth-order valence-corrected chi connectivity index (χ4v) is 3.77. The molecule has 0 radical (unpaired) electrons. The summed E-state index contributed by atoms with van der Waals surface area (Å²) in [6.45, 7) is 4.87. The van der Waals surface area contributed by atoms with Crippen molar-refractivity contribution >= 4 is 5.91 Å². The monoisotopic (exact) mass is 267 g/mol. The second-order valence-corrected chi connectivity index (χ2v) is 7.05. The SMILES string of the molecule is CC1(C)CC(O)CCN1C(=O)CCC1CCCCC1. The van der Waals surface area contributed by atoms with E-state index < -0.39 is 0 Å². The summed E-state index contributed by atoms with van der Waals surface area (Å²) >= 11 is 0. The molecule has 0 spiro atoms. The van der Waals surface area contributed by atoms with Crippen LogP contribution < -0.4 is 0 Å². The molecule has 2 rings (SSSR count). The summed E-state index contributed by atoms with van der Waals surface area (Å²) in [6, 6.07) is 0. The standard InChI is InChI=1S/C16H29NO2/c1-16(2)12-14(18)10-11-17(16)15(19)9-8-13-6-4-3-5-7-13/h13-14,18H,3-12H2,1-2H3. The molecular formula is C16H29NO2. The van der Waals surface area contributed by atoms with Crippen LogP contribution >= 0.6 is 0 Å². The van der Waals surface area contributed by atoms with Gasteiger partial charge >= 0.3 is 0 Å². The molecule has 3 heteroatoms. The van der Waals surface area contributed by atoms with Gasteiger partial charge in [-0.15, -0.1) is 0 Å². The van der Waals surface area contributed by atoms with Crippen molar-refractivity contribution in [2.24, 2.45) is 5.92 Å². The van der Waals surface area contributed by atoms with E-state index in [1.54, 1.807) is 0 Å². The number of aliphatic hydroxyl groups is 1. The number of amides is 1. The Kier molecular flexibility index (Phi) is 4.88. The maximum Gasteiger partial charge on any atom is 0.223 e. The lowest BCUT2D eigenvalue weighted by molar-refractivity contribution is -0.141. The number of hydrogen-bond acceptors (Lipinski definition) is 2. The molecule has 1 saturated carbocycles. The summed E-state index contributed by atoms with van der Waals surface area (Å²) in [7, 11) is 0. The van der Waals surface area contributed by atoms with Crippen molar-refractivity contribution in [3.63, 3.8) is 0 Å². The molecule has 0 aromatic heterocycles. The Labute approximate surface area is 117 Å². The number of piperidine rings is 1. The molecule has 1 unspecified atom stereocenters. The van der Waals surface area contributed by atoms with Crippen LogP contribution in [0.4, 0.5) is 0 Å². The van der Waals surface area contributed by atoms with Crippen LogP contribution in [0.5, 0.6) is 0 Å². The molecule has 1 atom stereocenters. The molecule has 19 heavy (non-hydrogen) atoms. The fraction of sp³-hybridized carbons (Fsp3) is 0.938. The highest BCUT2D eigenvalue weighted by Gasteiger charge is 2.36. The van der Waals surface area contributed by atoms with Gasteiger partial charge in [0.1, 0.15) is 0 Å². The third-order valence-electron chi connectivity index (χ3n) is 4.94. The predicted octanol–water partition coefficient (Wildman–Crippen LogP) is 3.11. The van der Waals surface area contributed by atoms with Crippen LogP contribution in [0.25, 0.3) is 0 Å². The van der Waals surface area contributed by atoms with Gasteiger partial charge in [-0.3, -0.25) is 4.79 Å². The van der Waals surface area contributed by atoms with Crippen LogP contribution in [0.2, 0.25) is 0 Å². The van der Waals surface area contributed by atoms with Crippen molar-refractivity contribution in [3.05, 3.63) is 0 Å². The van der Waals surface area contributed by atoms with Crippen LogP contribution in [0.1, 0.15) is 71.6 Å². The maximum atomic E-state index is 12.4. The van der Waals surface area contributed by atoms with Crippen molar-refractivity contribution in [3.8, 4) is 0 Å². The van der Waals surface area contributed by atoms with Crippen LogP contribution in [-0.2, 0) is 4.79 Å². The number of carbonyl (C=O) groups excluding carboxylic acids is 1. The Hall–Kier alpha value is -0.570. The molecule has 0 bridgehead atoms. The Bertz CT molecular complexity index is 308. The fourth-order valence-electron chi connectivity index (χ4n) is 3.77. The summed E-state index contributed by atoms with van der Waals surface area (Å²) in [5.74, 6) is 1.07. The van der Waals surface area contributed by atoms with Crippen molar-refractivity contribution in [1.29, 1.82) is 0 Å². The molecule has 2 fully saturated rings. The van der Waals surface area contributed by atoms with Gasteiger partial charge in [-0.2, -0.15) is 0 Å². The van der Waals surface area contributed by atoms with Crippen molar-refractivity contribution in [2.45, 2.75) is 83.3 Å². The van der Waals surface area contributed by atoms with Gasteiger partial charge in [-0.25, -0.2) is 0 Å². The van der Waals surface area contributed by atoms with Crippen LogP contribution in [-0.4, -0.2) is 34.1 Å². The van der Waals surface area contributed by atoms with Gasteiger partial charge in [0.05, 0.1) is 6.10 Å². The number of carbonyl (C=O) groups is 1. The molecule has 3 nitrogen and oxygen atoms in total. The van der Waals surface area contributed by atoms with Crippen molar-refractivity contribution in [1.82, 2.24) is 4.90 Å². The first-order chi connectivity index (χ1) is 8.99. The first-order valence-electron chi connectivity index (χ1n) is 7.97. The predicted molar refractivity (Wildman–Crippen MR) is 76.8 cm³/mol. The topological polar surface area (TPSA) is 40.5 Å². The molecule has 110 valence electrons. The lowest BCUT2D eigenvalue weighted by atomic mass is 9.85. The minimum absolute atomic E-state index is 0.179. The van der Waals surface area contributed by atoms with E-state index in [4.69, 9.17) is 0 Å². The Morgan fingerprint density at radius 2 is 1.89 bits per heavy atom. The van der Waals surface area contributed by atoms with E-state index in [0.717, 1.165) is 25.3 Å². The number of rotatable bonds is 3. The molecular weight excluding hydrogens is 238 g/mol. The lowest BCUT2D eigenvalue weighted by Crippen LogP contribution is -2.54. The van der Waals surface area contributed by atoms with E-state index in [2.05, 4.69) is 13.8 Å². The molecule has 1 saturated heterocycles. The van der Waals surface area contributed by atoms with E-state index >= 15 is 0 Å². The van der Waals surface area contributed by atoms with E-state index in [0.29, 0.717) is 18.7 Å². The van der Waals surface area contributed by atoms with Gasteiger partial charge in [-0.05, 0) is 39.0 Å². The third kappa shape index (κ3) is 3.95. The van der Waals surface area contributed by atoms with Crippen LogP contribution in [0, 0.1) is 5.92 Å². The molecule has 1 aliphatic carbocycles. The molecule has 0 aromatic rings. The average Bonchev–Trinajstić information content (AvgIpc) is 2.36. The molecule has 1 N–H and O–H groups in total. The van der Waals surface area contributed by atoms with E-state index in [-0.39, 0.29) is 11.6 Å². The highest BCUT2D eigenvalue weighted by atomic mass is 16.3. The van der Waals surface area contributed by atoms with Crippen LogP contribution in [0.15, 0.2) is 0 Å². The number of aliphatic hydroxyl groups excluding tert-OH is 1. The molecule has 0 aromatic carbocycles. The van der Waals surface area contributed by atoms with Crippen molar-refractivity contribution < 1.29 is 9.90 Å². The summed E-state index contributed by atoms with van der Waals surface area (Å²) < 4.78 is 0. The second-order valence-electron chi connectivity index (χ2n) is 7.05. The summed E-state index contributed by atoms with van der Waals surface area (Å²) in [4.78, 5) is 14.4. The zero-order valence-corrected chi connectivity index (χ0v) is 12.5. The normalized spacial score (nSPS) is 28.4. The van der Waals surface area contributed by atoms with E-state index in [1.807, 2.05) is 4.90 Å². The minimum atomic E-state index is -0.239. The van der Waals surface area contributed by atoms with Gasteiger partial charge in [0, 0.05) is 18.5 Å². The van der Waals surface area contributed by atoms with Gasteiger partial charge in [-0.1, -0.05) is 32.1 Å². The number of nitrogens with zero attached hydrogens (tertiary/aromatic N) is 1. The summed E-state index contributed by atoms with van der Waals surface area (Å²) in [6.07, 6.45) is 9.67. The Morgan fingerprint density at radius 3 is 2.53 bits per heavy atom.